The molecule has 0 fully saturated rings. The quantitative estimate of drug-likeness (QED) is 0.136. The third kappa shape index (κ3) is 4.45. The van der Waals surface area contributed by atoms with Gasteiger partial charge in [-0.25, -0.2) is 4.79 Å². The van der Waals surface area contributed by atoms with Crippen LogP contribution in [0.3, 0.4) is 0 Å². The van der Waals surface area contributed by atoms with Gasteiger partial charge in [-0.15, -0.1) is 0 Å². The lowest BCUT2D eigenvalue weighted by molar-refractivity contribution is -0.383. The Morgan fingerprint density at radius 3 is 2.49 bits per heavy atom. The van der Waals surface area contributed by atoms with Gasteiger partial charge in [-0.3, -0.25) is 10.1 Å². The maximum Gasteiger partial charge on any atom is 0.340 e. The van der Waals surface area contributed by atoms with Crippen molar-refractivity contribution in [1.82, 2.24) is 0 Å². The van der Waals surface area contributed by atoms with Gasteiger partial charge in [-0.2, -0.15) is 0 Å². The van der Waals surface area contributed by atoms with Gasteiger partial charge in [-0.05, 0) is 61.7 Å². The summed E-state index contributed by atoms with van der Waals surface area (Å²) in [5.41, 5.74) is 3.34. The Balaban J connectivity index is 1.49. The van der Waals surface area contributed by atoms with E-state index in [0.717, 1.165) is 36.3 Å². The maximum absolute atomic E-state index is 13.3. The highest BCUT2D eigenvalue weighted by atomic mass is 16.6. The number of para-hydroxylation sites is 2. The van der Waals surface area contributed by atoms with Gasteiger partial charge in [0, 0.05) is 53.3 Å². The number of hydrogen-bond acceptors (Lipinski definition) is 7. The number of rotatable bonds is 8. The van der Waals surface area contributed by atoms with Crippen LogP contribution in [0, 0.1) is 16.0 Å². The first-order valence-electron chi connectivity index (χ1n) is 13.9. The van der Waals surface area contributed by atoms with Crippen LogP contribution in [0.4, 0.5) is 22.7 Å². The molecule has 0 saturated heterocycles. The molecule has 1 spiro atoms. The number of fused-ring (bicyclic) bond motifs is 6. The molecule has 2 heterocycles. The van der Waals surface area contributed by atoms with E-state index in [1.165, 1.54) is 6.07 Å². The van der Waals surface area contributed by atoms with Gasteiger partial charge in [0.1, 0.15) is 17.2 Å². The molecule has 1 unspecified atom stereocenters. The van der Waals surface area contributed by atoms with Crippen molar-refractivity contribution >= 4 is 28.7 Å². The zero-order chi connectivity index (χ0) is 28.7. The standard InChI is InChI=1S/C33H31N3O5/c1-4-35(18-17-21(2)3)23-14-15-26-31(20-23)40-30-16-13-22(34-28-11-7-8-12-29(28)36(38)39)19-27(30)33(26)25-10-6-5-9-24(25)32(37)41-33/h5-16,19-21,34H,4,17-18H2,1-3H3. The molecule has 0 bridgehead atoms. The van der Waals surface area contributed by atoms with Crippen molar-refractivity contribution in [2.24, 2.45) is 5.92 Å². The van der Waals surface area contributed by atoms with E-state index in [-0.39, 0.29) is 5.69 Å². The smallest absolute Gasteiger partial charge is 0.340 e. The molecule has 2 aliphatic rings. The molecule has 8 nitrogen and oxygen atoms in total. The summed E-state index contributed by atoms with van der Waals surface area (Å²) in [6.07, 6.45) is 1.07. The summed E-state index contributed by atoms with van der Waals surface area (Å²) in [7, 11) is 0. The number of nitro benzene ring substituents is 1. The van der Waals surface area contributed by atoms with Crippen LogP contribution in [-0.2, 0) is 10.3 Å². The summed E-state index contributed by atoms with van der Waals surface area (Å²) < 4.78 is 12.8. The summed E-state index contributed by atoms with van der Waals surface area (Å²) in [6, 6.07) is 25.4. The molecule has 0 amide bonds. The summed E-state index contributed by atoms with van der Waals surface area (Å²) in [6.45, 7) is 8.35. The van der Waals surface area contributed by atoms with Crippen LogP contribution < -0.4 is 15.0 Å². The molecule has 8 heteroatoms. The highest BCUT2D eigenvalue weighted by Gasteiger charge is 2.53. The second-order valence-corrected chi connectivity index (χ2v) is 10.8. The van der Waals surface area contributed by atoms with Crippen LogP contribution in [0.25, 0.3) is 0 Å². The van der Waals surface area contributed by atoms with Crippen LogP contribution in [0.5, 0.6) is 11.5 Å². The van der Waals surface area contributed by atoms with E-state index in [2.05, 4.69) is 37.1 Å². The van der Waals surface area contributed by atoms with Crippen LogP contribution in [0.1, 0.15) is 54.2 Å². The minimum absolute atomic E-state index is 0.0374. The lowest BCUT2D eigenvalue weighted by Gasteiger charge is -2.37. The lowest BCUT2D eigenvalue weighted by atomic mass is 9.77. The summed E-state index contributed by atoms with van der Waals surface area (Å²) in [5, 5.41) is 14.8. The molecular formula is C33H31N3O5. The molecule has 4 aromatic rings. The molecule has 1 atom stereocenters. The van der Waals surface area contributed by atoms with Crippen molar-refractivity contribution < 1.29 is 19.2 Å². The van der Waals surface area contributed by atoms with E-state index in [0.29, 0.717) is 39.9 Å². The van der Waals surface area contributed by atoms with Crippen molar-refractivity contribution in [1.29, 1.82) is 0 Å². The van der Waals surface area contributed by atoms with Gasteiger partial charge in [0.2, 0.25) is 0 Å². The number of ether oxygens (including phenoxy) is 2. The average Bonchev–Trinajstić information content (AvgIpc) is 3.26. The van der Waals surface area contributed by atoms with Crippen molar-refractivity contribution in [3.05, 3.63) is 117 Å². The number of esters is 1. The minimum Gasteiger partial charge on any atom is -0.456 e. The molecule has 1 N–H and O–H groups in total. The predicted molar refractivity (Wildman–Crippen MR) is 158 cm³/mol. The topological polar surface area (TPSA) is 93.9 Å². The highest BCUT2D eigenvalue weighted by molar-refractivity contribution is 5.97. The van der Waals surface area contributed by atoms with Crippen molar-refractivity contribution in [2.45, 2.75) is 32.8 Å². The number of anilines is 3. The SMILES string of the molecule is CCN(CCC(C)C)c1ccc2c(c1)Oc1ccc(Nc3ccccc3[N+](=O)[O-])cc1C21OC(=O)c2ccccc21. The van der Waals surface area contributed by atoms with Crippen molar-refractivity contribution in [3.8, 4) is 11.5 Å². The zero-order valence-electron chi connectivity index (χ0n) is 23.2. The Morgan fingerprint density at radius 1 is 0.927 bits per heavy atom. The highest BCUT2D eigenvalue weighted by Crippen LogP contribution is 2.57. The van der Waals surface area contributed by atoms with Crippen molar-refractivity contribution in [3.63, 3.8) is 0 Å². The van der Waals surface area contributed by atoms with E-state index in [4.69, 9.17) is 9.47 Å². The second kappa shape index (κ2) is 10.3. The van der Waals surface area contributed by atoms with Crippen LogP contribution in [-0.4, -0.2) is 24.0 Å². The number of nitro groups is 1. The van der Waals surface area contributed by atoms with Crippen LogP contribution in [0.2, 0.25) is 0 Å². The largest absolute Gasteiger partial charge is 0.456 e. The molecule has 0 saturated carbocycles. The Hall–Kier alpha value is -4.85. The predicted octanol–water partition coefficient (Wildman–Crippen LogP) is 7.78. The van der Waals surface area contributed by atoms with E-state index < -0.39 is 16.5 Å². The first kappa shape index (κ1) is 26.4. The normalized spacial score (nSPS) is 16.4. The maximum atomic E-state index is 13.3. The first-order chi connectivity index (χ1) is 19.8. The molecule has 41 heavy (non-hydrogen) atoms. The Labute approximate surface area is 238 Å². The number of hydrogen-bond donors (Lipinski definition) is 1. The summed E-state index contributed by atoms with van der Waals surface area (Å²) >= 11 is 0. The average molecular weight is 550 g/mol. The number of carbonyl (C=O) groups excluding carboxylic acids is 1. The van der Waals surface area contributed by atoms with Gasteiger partial charge < -0.3 is 19.7 Å². The Kier molecular flexibility index (Phi) is 6.61. The lowest BCUT2D eigenvalue weighted by Crippen LogP contribution is -2.33. The third-order valence-corrected chi connectivity index (χ3v) is 7.80. The molecule has 0 aliphatic carbocycles. The number of nitrogens with zero attached hydrogens (tertiary/aromatic N) is 2. The Bertz CT molecular complexity index is 1670. The monoisotopic (exact) mass is 549 g/mol. The van der Waals surface area contributed by atoms with Gasteiger partial charge in [0.25, 0.3) is 5.69 Å². The fourth-order valence-electron chi connectivity index (χ4n) is 5.71. The van der Waals surface area contributed by atoms with E-state index in [1.807, 2.05) is 48.5 Å². The first-order valence-corrected chi connectivity index (χ1v) is 13.9. The number of carbonyl (C=O) groups is 1. The van der Waals surface area contributed by atoms with E-state index >= 15 is 0 Å². The zero-order valence-corrected chi connectivity index (χ0v) is 23.2. The minimum atomic E-state index is -1.23. The molecule has 0 aromatic heterocycles. The molecular weight excluding hydrogens is 518 g/mol. The van der Waals surface area contributed by atoms with Gasteiger partial charge in [0.05, 0.1) is 10.5 Å². The van der Waals surface area contributed by atoms with Gasteiger partial charge in [0.15, 0.2) is 5.60 Å². The molecule has 2 aliphatic heterocycles. The van der Waals surface area contributed by atoms with Gasteiger partial charge >= 0.3 is 5.97 Å². The van der Waals surface area contributed by atoms with Crippen LogP contribution >= 0.6 is 0 Å². The second-order valence-electron chi connectivity index (χ2n) is 10.8. The fraction of sp³-hybridized carbons (Fsp3) is 0.242. The fourth-order valence-corrected chi connectivity index (χ4v) is 5.71. The molecule has 208 valence electrons. The molecule has 6 rings (SSSR count). The summed E-state index contributed by atoms with van der Waals surface area (Å²) in [4.78, 5) is 26.8. The van der Waals surface area contributed by atoms with Crippen molar-refractivity contribution in [2.75, 3.05) is 23.3 Å². The van der Waals surface area contributed by atoms with Gasteiger partial charge in [-0.1, -0.05) is 44.2 Å². The van der Waals surface area contributed by atoms with Crippen LogP contribution in [0.15, 0.2) is 84.9 Å². The third-order valence-electron chi connectivity index (χ3n) is 7.80. The molecule has 0 radical (unpaired) electrons. The number of nitrogens with one attached hydrogen (secondary N) is 1. The summed E-state index contributed by atoms with van der Waals surface area (Å²) in [5.74, 6) is 1.36. The Morgan fingerprint density at radius 2 is 1.71 bits per heavy atom. The molecule has 4 aromatic carbocycles. The van der Waals surface area contributed by atoms with E-state index in [1.54, 1.807) is 24.3 Å². The number of benzene rings is 4. The van der Waals surface area contributed by atoms with E-state index in [9.17, 15) is 14.9 Å².